The molecule has 0 atom stereocenters. The van der Waals surface area contributed by atoms with Gasteiger partial charge in [-0.1, -0.05) is 0 Å². The molecule has 0 radical (unpaired) electrons. The summed E-state index contributed by atoms with van der Waals surface area (Å²) in [6.07, 6.45) is 0. The zero-order chi connectivity index (χ0) is 4.50. The minimum Gasteiger partial charge on any atom is 0 e. The van der Waals surface area contributed by atoms with Gasteiger partial charge in [-0.2, -0.15) is 0 Å². The maximum absolute atomic E-state index is 8.88. The first-order valence-electron chi connectivity index (χ1n) is 0.783. The van der Waals surface area contributed by atoms with Gasteiger partial charge in [-0.15, -0.1) is 0 Å². The van der Waals surface area contributed by atoms with Gasteiger partial charge in [0.05, 0.1) is 0 Å². The molecule has 0 aliphatic carbocycles. The van der Waals surface area contributed by atoms with E-state index in [0.29, 0.717) is 0 Å². The van der Waals surface area contributed by atoms with Gasteiger partial charge in [-0.25, -0.2) is 4.57 Å². The third kappa shape index (κ3) is 59.2. The van der Waals surface area contributed by atoms with E-state index in [1.807, 2.05) is 0 Å². The zero-order valence-corrected chi connectivity index (χ0v) is 8.11. The molecule has 0 aromatic rings. The second-order valence-electron chi connectivity index (χ2n) is 0.513. The first kappa shape index (κ1) is 22.5. The first-order chi connectivity index (χ1) is 2.00. The zero-order valence-electron chi connectivity index (χ0n) is 3.20. The van der Waals surface area contributed by atoms with Crippen LogP contribution in [0, 0.1) is 0 Å². The third-order valence-electron chi connectivity index (χ3n) is 0. The summed E-state index contributed by atoms with van der Waals surface area (Å²) >= 11 is 0. The molecule has 8 heteroatoms. The molecule has 0 unspecified atom stereocenters. The van der Waals surface area contributed by atoms with Crippen molar-refractivity contribution >= 4 is 56.7 Å². The predicted molar refractivity (Wildman–Crippen MR) is 22.8 cm³/mol. The van der Waals surface area contributed by atoms with Crippen molar-refractivity contribution in [3.63, 3.8) is 0 Å². The van der Waals surface area contributed by atoms with Crippen LogP contribution in [-0.4, -0.2) is 63.6 Å². The van der Waals surface area contributed by atoms with Gasteiger partial charge in [0.1, 0.15) is 0 Å². The second kappa shape index (κ2) is 10.3. The molecule has 0 fully saturated rings. The number of phosphoric acid groups is 1. The normalized spacial score (nSPS) is 7.38. The van der Waals surface area contributed by atoms with Crippen molar-refractivity contribution < 1.29 is 67.2 Å². The second-order valence-corrected chi connectivity index (χ2v) is 1.54. The molecule has 0 rings (SSSR count). The Bertz CT molecular complexity index is 62.2. The van der Waals surface area contributed by atoms with E-state index in [9.17, 15) is 0 Å². The Morgan fingerprint density at radius 3 is 1.12 bits per heavy atom. The summed E-state index contributed by atoms with van der Waals surface area (Å²) in [5.41, 5.74) is 0. The van der Waals surface area contributed by atoms with Gasteiger partial charge in [0.25, 0.3) is 0 Å². The van der Waals surface area contributed by atoms with Crippen LogP contribution in [-0.2, 0) is 52.5 Å². The quantitative estimate of drug-likeness (QED) is 0.343. The molecule has 3 N–H and O–H groups in total. The summed E-state index contributed by atoms with van der Waals surface area (Å²) in [4.78, 5) is 21.6. The van der Waals surface area contributed by atoms with E-state index < -0.39 is 7.82 Å². The average Bonchev–Trinajstić information content (AvgIpc) is 0.722. The Kier molecular flexibility index (Phi) is 28.9. The van der Waals surface area contributed by atoms with Gasteiger partial charge in [0.2, 0.25) is 0 Å². The van der Waals surface area contributed by atoms with Crippen molar-refractivity contribution in [2.45, 2.75) is 0 Å². The molecule has 0 bridgehead atoms. The maximum Gasteiger partial charge on any atom is 0 e. The fourth-order valence-corrected chi connectivity index (χ4v) is 0. The van der Waals surface area contributed by atoms with Crippen LogP contribution in [0.2, 0.25) is 0 Å². The molecule has 0 saturated carbocycles. The Morgan fingerprint density at radius 2 is 1.12 bits per heavy atom. The molecule has 0 aliphatic rings. The Morgan fingerprint density at radius 1 is 1.12 bits per heavy atom. The van der Waals surface area contributed by atoms with Crippen LogP contribution in [0.1, 0.15) is 0 Å². The molecule has 8 heavy (non-hydrogen) atoms. The summed E-state index contributed by atoms with van der Waals surface area (Å²) in [6.45, 7) is 0. The van der Waals surface area contributed by atoms with Gasteiger partial charge in [-0.05, 0) is 0 Å². The Balaban J connectivity index is -0.0000000267. The summed E-state index contributed by atoms with van der Waals surface area (Å²) in [5, 5.41) is 0. The Hall–Kier alpha value is 3.28. The molecular formula is H5BaO4PTiZr. The van der Waals surface area contributed by atoms with Crippen molar-refractivity contribution in [3.8, 4) is 0 Å². The van der Waals surface area contributed by atoms with E-state index in [-0.39, 0.29) is 96.8 Å². The van der Waals surface area contributed by atoms with Crippen LogP contribution >= 0.6 is 7.82 Å². The van der Waals surface area contributed by atoms with Crippen LogP contribution in [0.25, 0.3) is 0 Å². The van der Waals surface area contributed by atoms with Crippen LogP contribution in [0.15, 0.2) is 0 Å². The van der Waals surface area contributed by atoms with Crippen LogP contribution in [0.5, 0.6) is 0 Å². The molecular weight excluding hydrogens is 371 g/mol. The number of hydrogen-bond acceptors (Lipinski definition) is 1. The third-order valence-corrected chi connectivity index (χ3v) is 0. The van der Waals surface area contributed by atoms with E-state index in [1.54, 1.807) is 0 Å². The standard InChI is InChI=1S/Ba.H3O4P.Ti.Zr.2H/c;1-5(2,3)4;;;;/h;(H3,1,2,3,4);;;;. The summed E-state index contributed by atoms with van der Waals surface area (Å²) in [6, 6.07) is 0. The van der Waals surface area contributed by atoms with Gasteiger partial charge in [-0.3, -0.25) is 0 Å². The Labute approximate surface area is 121 Å². The minimum absolute atomic E-state index is 0. The fourth-order valence-electron chi connectivity index (χ4n) is 0. The molecule has 44 valence electrons. The van der Waals surface area contributed by atoms with E-state index in [2.05, 4.69) is 0 Å². The minimum atomic E-state index is -4.64. The largest absolute Gasteiger partial charge is 0 e. The molecule has 0 amide bonds. The fraction of sp³-hybridized carbons (Fsp3) is 0. The van der Waals surface area contributed by atoms with Gasteiger partial charge >= 0.3 is 56.7 Å². The molecule has 0 aliphatic heterocycles. The van der Waals surface area contributed by atoms with Crippen molar-refractivity contribution in [2.75, 3.05) is 0 Å². The van der Waals surface area contributed by atoms with Crippen molar-refractivity contribution in [1.82, 2.24) is 0 Å². The summed E-state index contributed by atoms with van der Waals surface area (Å²) in [5.74, 6) is 0. The van der Waals surface area contributed by atoms with Crippen LogP contribution in [0.3, 0.4) is 0 Å². The van der Waals surface area contributed by atoms with E-state index in [4.69, 9.17) is 19.2 Å². The number of rotatable bonds is 0. The SMILES string of the molecule is O=P(O)(O)O.[BaH2].[Ti].[Zr]. The predicted octanol–water partition coefficient (Wildman–Crippen LogP) is -1.85. The molecule has 0 saturated heterocycles. The molecule has 0 aromatic carbocycles. The van der Waals surface area contributed by atoms with Gasteiger partial charge in [0, 0.05) is 47.9 Å². The number of hydrogen-bond donors (Lipinski definition) is 3. The van der Waals surface area contributed by atoms with Gasteiger partial charge in [0.15, 0.2) is 0 Å². The van der Waals surface area contributed by atoms with E-state index in [0.717, 1.165) is 0 Å². The first-order valence-corrected chi connectivity index (χ1v) is 2.35. The molecule has 0 spiro atoms. The molecule has 0 heterocycles. The summed E-state index contributed by atoms with van der Waals surface area (Å²) in [7, 11) is -4.64. The summed E-state index contributed by atoms with van der Waals surface area (Å²) < 4.78 is 8.88. The van der Waals surface area contributed by atoms with Crippen LogP contribution < -0.4 is 0 Å². The topological polar surface area (TPSA) is 77.8 Å². The van der Waals surface area contributed by atoms with E-state index in [1.165, 1.54) is 0 Å². The molecule has 4 nitrogen and oxygen atoms in total. The van der Waals surface area contributed by atoms with Crippen molar-refractivity contribution in [1.29, 1.82) is 0 Å². The van der Waals surface area contributed by atoms with Gasteiger partial charge < -0.3 is 14.7 Å². The molecule has 0 aromatic heterocycles. The average molecular weight is 376 g/mol. The van der Waals surface area contributed by atoms with Crippen molar-refractivity contribution in [3.05, 3.63) is 0 Å². The van der Waals surface area contributed by atoms with E-state index >= 15 is 0 Å². The maximum atomic E-state index is 8.88. The van der Waals surface area contributed by atoms with Crippen molar-refractivity contribution in [2.24, 2.45) is 0 Å². The smallest absolute Gasteiger partial charge is 0 e. The van der Waals surface area contributed by atoms with Crippen LogP contribution in [0.4, 0.5) is 0 Å². The monoisotopic (exact) mass is 376 g/mol.